The van der Waals surface area contributed by atoms with Crippen LogP contribution in [0, 0.1) is 0 Å². The number of hydrogen-bond acceptors (Lipinski definition) is 0. The van der Waals surface area contributed by atoms with E-state index in [1.54, 1.807) is 0 Å². The standard InChI is InChI=1S/C47H92/c1-4-5-6-7-8-9-10-11-12-13-14-15-16-17-18-19-20-21-22-23-24-25-26-27-28-29-30-31-32-33-34-35-36-37-38-39-40-41-42-43-44-45-46-47(2)3/h44-46H,4-43H2,1-3H3. The molecule has 0 aliphatic heterocycles. The van der Waals surface area contributed by atoms with Gasteiger partial charge in [0.2, 0.25) is 0 Å². The molecule has 0 radical (unpaired) electrons. The van der Waals surface area contributed by atoms with Gasteiger partial charge >= 0.3 is 0 Å². The highest BCUT2D eigenvalue weighted by atomic mass is 14.0. The van der Waals surface area contributed by atoms with Gasteiger partial charge in [-0.25, -0.2) is 0 Å². The molecule has 0 saturated heterocycles. The molecule has 0 aromatic heterocycles. The van der Waals surface area contributed by atoms with E-state index >= 15 is 0 Å². The third-order valence-corrected chi connectivity index (χ3v) is 10.5. The third kappa shape index (κ3) is 45.5. The van der Waals surface area contributed by atoms with Crippen LogP contribution in [0.15, 0.2) is 23.8 Å². The molecule has 47 heavy (non-hydrogen) atoms. The summed E-state index contributed by atoms with van der Waals surface area (Å²) in [4.78, 5) is 0. The molecule has 0 saturated carbocycles. The van der Waals surface area contributed by atoms with Crippen molar-refractivity contribution in [2.24, 2.45) is 0 Å². The molecule has 0 aromatic carbocycles. The summed E-state index contributed by atoms with van der Waals surface area (Å²) < 4.78 is 0. The molecule has 280 valence electrons. The lowest BCUT2D eigenvalue weighted by molar-refractivity contribution is 0.509. The summed E-state index contributed by atoms with van der Waals surface area (Å²) in [6, 6.07) is 0. The second kappa shape index (κ2) is 43.5. The smallest absolute Gasteiger partial charge is 0.0348 e. The first-order valence-corrected chi connectivity index (χ1v) is 22.6. The summed E-state index contributed by atoms with van der Waals surface area (Å²) in [5, 5.41) is 0. The van der Waals surface area contributed by atoms with Crippen LogP contribution < -0.4 is 0 Å². The van der Waals surface area contributed by atoms with Crippen LogP contribution in [0.5, 0.6) is 0 Å². The Morgan fingerprint density at radius 3 is 0.660 bits per heavy atom. The highest BCUT2D eigenvalue weighted by Gasteiger charge is 1.98. The van der Waals surface area contributed by atoms with Crippen LogP contribution in [-0.2, 0) is 0 Å². The summed E-state index contributed by atoms with van der Waals surface area (Å²) >= 11 is 0. The van der Waals surface area contributed by atoms with Crippen LogP contribution >= 0.6 is 0 Å². The minimum atomic E-state index is 1.25. The van der Waals surface area contributed by atoms with E-state index in [1.165, 1.54) is 262 Å². The van der Waals surface area contributed by atoms with Gasteiger partial charge in [-0.05, 0) is 26.7 Å². The van der Waals surface area contributed by atoms with Crippen molar-refractivity contribution in [3.8, 4) is 0 Å². The fraction of sp³-hybridized carbons (Fsp3) is 0.915. The zero-order chi connectivity index (χ0) is 34.0. The number of rotatable bonds is 41. The Balaban J connectivity index is 3.06. The molecule has 0 N–H and O–H groups in total. The maximum atomic E-state index is 2.33. The van der Waals surface area contributed by atoms with E-state index in [-0.39, 0.29) is 0 Å². The van der Waals surface area contributed by atoms with Gasteiger partial charge in [0, 0.05) is 0 Å². The van der Waals surface area contributed by atoms with Crippen molar-refractivity contribution < 1.29 is 0 Å². The van der Waals surface area contributed by atoms with Crippen molar-refractivity contribution in [2.45, 2.75) is 278 Å². The van der Waals surface area contributed by atoms with Crippen molar-refractivity contribution in [1.82, 2.24) is 0 Å². The molecular weight excluding hydrogens is 565 g/mol. The first-order valence-electron chi connectivity index (χ1n) is 22.6. The third-order valence-electron chi connectivity index (χ3n) is 10.5. The lowest BCUT2D eigenvalue weighted by atomic mass is 10.0. The van der Waals surface area contributed by atoms with Gasteiger partial charge in [0.1, 0.15) is 0 Å². The number of hydrogen-bond donors (Lipinski definition) is 0. The van der Waals surface area contributed by atoms with Gasteiger partial charge in [0.05, 0.1) is 0 Å². The molecular formula is C47H92. The maximum Gasteiger partial charge on any atom is -0.0348 e. The van der Waals surface area contributed by atoms with E-state index in [0.717, 1.165) is 0 Å². The van der Waals surface area contributed by atoms with Crippen molar-refractivity contribution in [3.63, 3.8) is 0 Å². The quantitative estimate of drug-likeness (QED) is 0.0454. The lowest BCUT2D eigenvalue weighted by Crippen LogP contribution is -1.85. The van der Waals surface area contributed by atoms with E-state index in [0.29, 0.717) is 0 Å². The molecule has 0 heterocycles. The zero-order valence-electron chi connectivity index (χ0n) is 33.5. The summed E-state index contributed by atoms with van der Waals surface area (Å²) in [6.45, 7) is 6.64. The van der Waals surface area contributed by atoms with Crippen molar-refractivity contribution >= 4 is 0 Å². The predicted molar refractivity (Wildman–Crippen MR) is 219 cm³/mol. The molecule has 0 unspecified atom stereocenters. The Morgan fingerprint density at radius 1 is 0.277 bits per heavy atom. The van der Waals surface area contributed by atoms with Crippen LogP contribution in [0.4, 0.5) is 0 Å². The second-order valence-corrected chi connectivity index (χ2v) is 15.9. The maximum absolute atomic E-state index is 2.33. The zero-order valence-corrected chi connectivity index (χ0v) is 33.5. The van der Waals surface area contributed by atoms with Crippen LogP contribution in [-0.4, -0.2) is 0 Å². The molecule has 0 aromatic rings. The first-order chi connectivity index (χ1) is 23.3. The van der Waals surface area contributed by atoms with Crippen LogP contribution in [0.1, 0.15) is 278 Å². The summed E-state index contributed by atoms with van der Waals surface area (Å²) in [5.41, 5.74) is 1.39. The minimum Gasteiger partial charge on any atom is -0.0845 e. The Labute approximate surface area is 300 Å². The molecule has 0 amide bonds. The van der Waals surface area contributed by atoms with Gasteiger partial charge in [-0.15, -0.1) is 0 Å². The van der Waals surface area contributed by atoms with E-state index < -0.39 is 0 Å². The predicted octanol–water partition coefficient (Wildman–Crippen LogP) is 18.1. The Hall–Kier alpha value is -0.520. The fourth-order valence-corrected chi connectivity index (χ4v) is 7.23. The van der Waals surface area contributed by atoms with Crippen molar-refractivity contribution in [1.29, 1.82) is 0 Å². The monoisotopic (exact) mass is 657 g/mol. The topological polar surface area (TPSA) is 0 Å². The average molecular weight is 657 g/mol. The molecule has 0 heteroatoms. The van der Waals surface area contributed by atoms with Crippen molar-refractivity contribution in [2.75, 3.05) is 0 Å². The van der Waals surface area contributed by atoms with Gasteiger partial charge in [-0.1, -0.05) is 275 Å². The lowest BCUT2D eigenvalue weighted by Gasteiger charge is -2.05. The molecule has 0 spiro atoms. The minimum absolute atomic E-state index is 1.25. The molecule has 0 atom stereocenters. The van der Waals surface area contributed by atoms with Gasteiger partial charge in [-0.3, -0.25) is 0 Å². The van der Waals surface area contributed by atoms with Crippen LogP contribution in [0.25, 0.3) is 0 Å². The average Bonchev–Trinajstić information content (AvgIpc) is 3.07. The Bertz CT molecular complexity index is 593. The summed E-state index contributed by atoms with van der Waals surface area (Å²) in [6.07, 6.45) is 65.6. The number of unbranched alkanes of at least 4 members (excludes halogenated alkanes) is 39. The molecule has 0 fully saturated rings. The van der Waals surface area contributed by atoms with Gasteiger partial charge in [-0.2, -0.15) is 0 Å². The van der Waals surface area contributed by atoms with Crippen molar-refractivity contribution in [3.05, 3.63) is 23.8 Å². The van der Waals surface area contributed by atoms with Crippen LogP contribution in [0.3, 0.4) is 0 Å². The first kappa shape index (κ1) is 46.5. The number of allylic oxidation sites excluding steroid dienone is 4. The van der Waals surface area contributed by atoms with E-state index in [4.69, 9.17) is 0 Å². The molecule has 0 nitrogen and oxygen atoms in total. The Kier molecular flexibility index (Phi) is 43.0. The molecule has 0 aliphatic carbocycles. The van der Waals surface area contributed by atoms with Gasteiger partial charge in [0.15, 0.2) is 0 Å². The molecule has 0 aliphatic rings. The highest BCUT2D eigenvalue weighted by molar-refractivity contribution is 5.07. The van der Waals surface area contributed by atoms with Gasteiger partial charge < -0.3 is 0 Å². The van der Waals surface area contributed by atoms with Crippen LogP contribution in [0.2, 0.25) is 0 Å². The molecule has 0 rings (SSSR count). The largest absolute Gasteiger partial charge is 0.0845 e. The molecule has 0 bridgehead atoms. The SMILES string of the molecule is CCCCCCCCCCCCCCCCCCCCCCCCCCCCCCCCCCCCCCCCCC=CC=C(C)C. The summed E-state index contributed by atoms with van der Waals surface area (Å²) in [7, 11) is 0. The van der Waals surface area contributed by atoms with E-state index in [1.807, 2.05) is 0 Å². The summed E-state index contributed by atoms with van der Waals surface area (Å²) in [5.74, 6) is 0. The normalized spacial score (nSPS) is 11.6. The van der Waals surface area contributed by atoms with E-state index in [2.05, 4.69) is 39.0 Å². The highest BCUT2D eigenvalue weighted by Crippen LogP contribution is 2.17. The van der Waals surface area contributed by atoms with E-state index in [9.17, 15) is 0 Å². The Morgan fingerprint density at radius 2 is 0.468 bits per heavy atom. The van der Waals surface area contributed by atoms with Gasteiger partial charge in [0.25, 0.3) is 0 Å². The fourth-order valence-electron chi connectivity index (χ4n) is 7.23. The second-order valence-electron chi connectivity index (χ2n) is 15.9.